The lowest BCUT2D eigenvalue weighted by Gasteiger charge is -2.33. The fourth-order valence-electron chi connectivity index (χ4n) is 3.73. The summed E-state index contributed by atoms with van der Waals surface area (Å²) in [6.45, 7) is 5.45. The molecule has 0 bridgehead atoms. The van der Waals surface area contributed by atoms with E-state index in [1.165, 1.54) is 30.6 Å². The summed E-state index contributed by atoms with van der Waals surface area (Å²) in [6.07, 6.45) is 5.35. The number of aryl methyl sites for hydroxylation is 1. The van der Waals surface area contributed by atoms with Gasteiger partial charge in [0.2, 0.25) is 0 Å². The molecule has 1 atom stereocenters. The van der Waals surface area contributed by atoms with Gasteiger partial charge >= 0.3 is 0 Å². The SMILES string of the molecule is CCc1cc2nccc(C3CCCN(Cc4ccccc4)C3)n2n1. The summed E-state index contributed by atoms with van der Waals surface area (Å²) in [5, 5.41) is 4.75. The van der Waals surface area contributed by atoms with Crippen LogP contribution in [0.15, 0.2) is 48.7 Å². The highest BCUT2D eigenvalue weighted by Crippen LogP contribution is 2.28. The Bertz CT molecular complexity index is 809. The van der Waals surface area contributed by atoms with Gasteiger partial charge in [-0.05, 0) is 37.4 Å². The minimum Gasteiger partial charge on any atom is -0.298 e. The Morgan fingerprint density at radius 1 is 1.17 bits per heavy atom. The van der Waals surface area contributed by atoms with E-state index in [9.17, 15) is 0 Å². The molecule has 0 radical (unpaired) electrons. The van der Waals surface area contributed by atoms with Gasteiger partial charge in [-0.3, -0.25) is 4.90 Å². The number of benzene rings is 1. The molecule has 124 valence electrons. The second kappa shape index (κ2) is 6.73. The molecule has 4 nitrogen and oxygen atoms in total. The van der Waals surface area contributed by atoms with Crippen LogP contribution in [0.4, 0.5) is 0 Å². The lowest BCUT2D eigenvalue weighted by atomic mass is 9.94. The van der Waals surface area contributed by atoms with Crippen LogP contribution in [0, 0.1) is 0 Å². The molecule has 0 aliphatic carbocycles. The number of hydrogen-bond acceptors (Lipinski definition) is 3. The highest BCUT2D eigenvalue weighted by Gasteiger charge is 2.24. The number of fused-ring (bicyclic) bond motifs is 1. The fraction of sp³-hybridized carbons (Fsp3) is 0.400. The average molecular weight is 320 g/mol. The maximum atomic E-state index is 4.75. The van der Waals surface area contributed by atoms with Crippen LogP contribution in [0.25, 0.3) is 5.65 Å². The molecule has 1 fully saturated rings. The van der Waals surface area contributed by atoms with Crippen LogP contribution in [-0.4, -0.2) is 32.6 Å². The van der Waals surface area contributed by atoms with Crippen molar-refractivity contribution >= 4 is 5.65 Å². The monoisotopic (exact) mass is 320 g/mol. The van der Waals surface area contributed by atoms with Crippen molar-refractivity contribution in [2.24, 2.45) is 0 Å². The van der Waals surface area contributed by atoms with Gasteiger partial charge in [0, 0.05) is 31.3 Å². The number of likely N-dealkylation sites (tertiary alicyclic amines) is 1. The van der Waals surface area contributed by atoms with Gasteiger partial charge < -0.3 is 0 Å². The maximum Gasteiger partial charge on any atom is 0.155 e. The molecule has 0 N–H and O–H groups in total. The molecule has 0 saturated carbocycles. The van der Waals surface area contributed by atoms with E-state index in [2.05, 4.69) is 63.8 Å². The van der Waals surface area contributed by atoms with Crippen LogP contribution in [-0.2, 0) is 13.0 Å². The number of aromatic nitrogens is 3. The lowest BCUT2D eigenvalue weighted by Crippen LogP contribution is -2.34. The molecule has 0 spiro atoms. The Kier molecular flexibility index (Phi) is 4.30. The van der Waals surface area contributed by atoms with Crippen molar-refractivity contribution in [2.45, 2.75) is 38.6 Å². The van der Waals surface area contributed by atoms with Crippen molar-refractivity contribution in [1.82, 2.24) is 19.5 Å². The molecule has 1 saturated heterocycles. The molecule has 1 unspecified atom stereocenters. The van der Waals surface area contributed by atoms with Gasteiger partial charge in [-0.25, -0.2) is 9.50 Å². The van der Waals surface area contributed by atoms with Crippen molar-refractivity contribution in [2.75, 3.05) is 13.1 Å². The van der Waals surface area contributed by atoms with Gasteiger partial charge in [-0.1, -0.05) is 37.3 Å². The number of rotatable bonds is 4. The molecule has 1 aliphatic heterocycles. The zero-order chi connectivity index (χ0) is 16.4. The molecular formula is C20H24N4. The predicted molar refractivity (Wildman–Crippen MR) is 96.1 cm³/mol. The van der Waals surface area contributed by atoms with Crippen molar-refractivity contribution in [1.29, 1.82) is 0 Å². The molecule has 4 heteroatoms. The Morgan fingerprint density at radius 3 is 2.88 bits per heavy atom. The Labute approximate surface area is 143 Å². The second-order valence-corrected chi connectivity index (χ2v) is 6.69. The predicted octanol–water partition coefficient (Wildman–Crippen LogP) is 3.67. The van der Waals surface area contributed by atoms with Crippen molar-refractivity contribution in [3.05, 3.63) is 65.6 Å². The van der Waals surface area contributed by atoms with Crippen LogP contribution < -0.4 is 0 Å². The lowest BCUT2D eigenvalue weighted by molar-refractivity contribution is 0.197. The maximum absolute atomic E-state index is 4.75. The molecule has 0 amide bonds. The first-order chi connectivity index (χ1) is 11.8. The molecule has 1 aromatic carbocycles. The van der Waals surface area contributed by atoms with Gasteiger partial charge in [0.1, 0.15) is 0 Å². The van der Waals surface area contributed by atoms with E-state index in [-0.39, 0.29) is 0 Å². The number of piperidine rings is 1. The third kappa shape index (κ3) is 3.06. The Balaban J connectivity index is 1.57. The van der Waals surface area contributed by atoms with Gasteiger partial charge in [-0.2, -0.15) is 5.10 Å². The minimum atomic E-state index is 0.526. The first kappa shape index (κ1) is 15.3. The van der Waals surface area contributed by atoms with E-state index in [1.807, 2.05) is 6.20 Å². The van der Waals surface area contributed by atoms with E-state index in [0.717, 1.165) is 30.9 Å². The highest BCUT2D eigenvalue weighted by molar-refractivity contribution is 5.40. The van der Waals surface area contributed by atoms with E-state index >= 15 is 0 Å². The summed E-state index contributed by atoms with van der Waals surface area (Å²) in [4.78, 5) is 7.05. The quantitative estimate of drug-likeness (QED) is 0.735. The summed E-state index contributed by atoms with van der Waals surface area (Å²) in [7, 11) is 0. The Morgan fingerprint density at radius 2 is 2.04 bits per heavy atom. The van der Waals surface area contributed by atoms with E-state index < -0.39 is 0 Å². The minimum absolute atomic E-state index is 0.526. The van der Waals surface area contributed by atoms with Gasteiger partial charge in [-0.15, -0.1) is 0 Å². The Hall–Kier alpha value is -2.20. The molecule has 4 rings (SSSR count). The zero-order valence-electron chi connectivity index (χ0n) is 14.2. The average Bonchev–Trinajstić information content (AvgIpc) is 3.06. The van der Waals surface area contributed by atoms with E-state index in [1.54, 1.807) is 0 Å². The summed E-state index contributed by atoms with van der Waals surface area (Å²) < 4.78 is 2.06. The topological polar surface area (TPSA) is 33.4 Å². The molecular weight excluding hydrogens is 296 g/mol. The third-order valence-corrected chi connectivity index (χ3v) is 4.97. The molecule has 3 aromatic rings. The third-order valence-electron chi connectivity index (χ3n) is 4.97. The van der Waals surface area contributed by atoms with Gasteiger partial charge in [0.15, 0.2) is 5.65 Å². The molecule has 2 aromatic heterocycles. The first-order valence-electron chi connectivity index (χ1n) is 8.93. The summed E-state index contributed by atoms with van der Waals surface area (Å²) in [6, 6.07) is 15.0. The molecule has 1 aliphatic rings. The largest absolute Gasteiger partial charge is 0.298 e. The number of hydrogen-bond donors (Lipinski definition) is 0. The number of nitrogens with zero attached hydrogens (tertiary/aromatic N) is 4. The van der Waals surface area contributed by atoms with E-state index in [4.69, 9.17) is 5.10 Å². The van der Waals surface area contributed by atoms with Crippen LogP contribution in [0.3, 0.4) is 0 Å². The second-order valence-electron chi connectivity index (χ2n) is 6.69. The summed E-state index contributed by atoms with van der Waals surface area (Å²) in [5.74, 6) is 0.526. The van der Waals surface area contributed by atoms with Crippen molar-refractivity contribution < 1.29 is 0 Å². The zero-order valence-corrected chi connectivity index (χ0v) is 14.2. The van der Waals surface area contributed by atoms with Crippen LogP contribution in [0.2, 0.25) is 0 Å². The van der Waals surface area contributed by atoms with Crippen molar-refractivity contribution in [3.63, 3.8) is 0 Å². The first-order valence-corrected chi connectivity index (χ1v) is 8.93. The van der Waals surface area contributed by atoms with Gasteiger partial charge in [0.25, 0.3) is 0 Å². The van der Waals surface area contributed by atoms with E-state index in [0.29, 0.717) is 5.92 Å². The summed E-state index contributed by atoms with van der Waals surface area (Å²) in [5.41, 5.74) is 4.79. The van der Waals surface area contributed by atoms with Crippen LogP contribution >= 0.6 is 0 Å². The molecule has 3 heterocycles. The van der Waals surface area contributed by atoms with Gasteiger partial charge in [0.05, 0.1) is 11.4 Å². The van der Waals surface area contributed by atoms with Crippen molar-refractivity contribution in [3.8, 4) is 0 Å². The highest BCUT2D eigenvalue weighted by atomic mass is 15.3. The summed E-state index contributed by atoms with van der Waals surface area (Å²) >= 11 is 0. The smallest absolute Gasteiger partial charge is 0.155 e. The fourth-order valence-corrected chi connectivity index (χ4v) is 3.73. The van der Waals surface area contributed by atoms with Crippen LogP contribution in [0.5, 0.6) is 0 Å². The standard InChI is InChI=1S/C20H24N4/c1-2-18-13-20-21-11-10-19(24(20)22-18)17-9-6-12-23(15-17)14-16-7-4-3-5-8-16/h3-5,7-8,10-11,13,17H,2,6,9,12,14-15H2,1H3. The molecule has 24 heavy (non-hydrogen) atoms. The normalized spacial score (nSPS) is 19.0. The van der Waals surface area contributed by atoms with Crippen LogP contribution in [0.1, 0.15) is 42.6 Å².